The van der Waals surface area contributed by atoms with E-state index in [0.29, 0.717) is 10.9 Å². The van der Waals surface area contributed by atoms with Gasteiger partial charge in [-0.1, -0.05) is 41.7 Å². The third-order valence-corrected chi connectivity index (χ3v) is 4.20. The Morgan fingerprint density at radius 3 is 2.50 bits per heavy atom. The average molecular weight is 342 g/mol. The van der Waals surface area contributed by atoms with E-state index in [9.17, 15) is 9.59 Å². The first-order chi connectivity index (χ1) is 11.6. The number of hydrogen-bond donors (Lipinski definition) is 1. The van der Waals surface area contributed by atoms with Gasteiger partial charge >= 0.3 is 5.97 Å². The molecule has 0 aliphatic heterocycles. The van der Waals surface area contributed by atoms with Crippen molar-refractivity contribution in [2.75, 3.05) is 18.1 Å². The largest absolute Gasteiger partial charge is 0.480 e. The molecule has 24 heavy (non-hydrogen) atoms. The number of anilines is 1. The van der Waals surface area contributed by atoms with Crippen LogP contribution in [-0.2, 0) is 9.59 Å². The summed E-state index contributed by atoms with van der Waals surface area (Å²) in [5.74, 6) is -1.53. The van der Waals surface area contributed by atoms with E-state index < -0.39 is 18.4 Å². The number of rotatable bonds is 6. The van der Waals surface area contributed by atoms with Gasteiger partial charge in [0.1, 0.15) is 6.54 Å². The normalized spacial score (nSPS) is 10.5. The molecule has 0 spiro atoms. The first-order valence-electron chi connectivity index (χ1n) is 7.19. The molecule has 0 bridgehead atoms. The number of carbonyl (C=O) groups is 2. The minimum absolute atomic E-state index is 0.276. The third-order valence-electron chi connectivity index (χ3n) is 3.26. The topological polar surface area (TPSA) is 79.7 Å². The number of carboxylic acids is 1. The Bertz CT molecular complexity index is 830. The number of thiazole rings is 1. The minimum Gasteiger partial charge on any atom is -0.480 e. The Kier molecular flexibility index (Phi) is 4.72. The van der Waals surface area contributed by atoms with Gasteiger partial charge in [0.2, 0.25) is 0 Å². The van der Waals surface area contributed by atoms with Gasteiger partial charge in [-0.3, -0.25) is 14.5 Å². The summed E-state index contributed by atoms with van der Waals surface area (Å²) in [6.45, 7) is -0.700. The van der Waals surface area contributed by atoms with E-state index in [-0.39, 0.29) is 6.61 Å². The van der Waals surface area contributed by atoms with E-state index in [1.165, 1.54) is 16.2 Å². The van der Waals surface area contributed by atoms with Crippen molar-refractivity contribution in [1.29, 1.82) is 0 Å². The summed E-state index contributed by atoms with van der Waals surface area (Å²) in [5.41, 5.74) is 1.31. The number of para-hydroxylation sites is 2. The second kappa shape index (κ2) is 7.10. The fourth-order valence-electron chi connectivity index (χ4n) is 2.18. The lowest BCUT2D eigenvalue weighted by molar-refractivity contribution is -0.136. The summed E-state index contributed by atoms with van der Waals surface area (Å²) in [4.78, 5) is 28.9. The van der Waals surface area contributed by atoms with Crippen LogP contribution in [0.1, 0.15) is 0 Å². The van der Waals surface area contributed by atoms with Crippen LogP contribution in [0.5, 0.6) is 5.19 Å². The molecule has 0 aliphatic rings. The van der Waals surface area contributed by atoms with Gasteiger partial charge in [-0.25, -0.2) is 4.98 Å². The van der Waals surface area contributed by atoms with Crippen molar-refractivity contribution in [2.45, 2.75) is 0 Å². The van der Waals surface area contributed by atoms with Gasteiger partial charge in [0, 0.05) is 5.69 Å². The predicted molar refractivity (Wildman–Crippen MR) is 91.5 cm³/mol. The van der Waals surface area contributed by atoms with Crippen LogP contribution < -0.4 is 9.64 Å². The van der Waals surface area contributed by atoms with Crippen molar-refractivity contribution in [3.63, 3.8) is 0 Å². The number of aliphatic carboxylic acids is 1. The number of carboxylic acid groups (broad SMARTS) is 1. The Labute approximate surface area is 141 Å². The molecule has 122 valence electrons. The first kappa shape index (κ1) is 15.9. The van der Waals surface area contributed by atoms with Crippen molar-refractivity contribution in [3.8, 4) is 5.19 Å². The summed E-state index contributed by atoms with van der Waals surface area (Å²) in [6, 6.07) is 16.2. The van der Waals surface area contributed by atoms with Gasteiger partial charge in [0.05, 0.1) is 10.2 Å². The van der Waals surface area contributed by atoms with Crippen LogP contribution in [0.3, 0.4) is 0 Å². The highest BCUT2D eigenvalue weighted by atomic mass is 32.1. The Hall–Kier alpha value is -2.93. The quantitative estimate of drug-likeness (QED) is 0.745. The van der Waals surface area contributed by atoms with Crippen LogP contribution >= 0.6 is 11.3 Å². The van der Waals surface area contributed by atoms with Crippen molar-refractivity contribution >= 4 is 39.1 Å². The third kappa shape index (κ3) is 3.69. The maximum atomic E-state index is 12.4. The van der Waals surface area contributed by atoms with Crippen LogP contribution in [0.15, 0.2) is 54.6 Å². The lowest BCUT2D eigenvalue weighted by Crippen LogP contribution is -2.38. The number of fused-ring (bicyclic) bond motifs is 1. The second-order valence-corrected chi connectivity index (χ2v) is 5.94. The zero-order chi connectivity index (χ0) is 16.9. The first-order valence-corrected chi connectivity index (χ1v) is 8.01. The molecule has 1 heterocycles. The van der Waals surface area contributed by atoms with Crippen molar-refractivity contribution in [3.05, 3.63) is 54.6 Å². The molecule has 1 amide bonds. The number of ether oxygens (including phenoxy) is 1. The van der Waals surface area contributed by atoms with E-state index >= 15 is 0 Å². The van der Waals surface area contributed by atoms with Gasteiger partial charge in [0.15, 0.2) is 6.61 Å². The fourth-order valence-corrected chi connectivity index (χ4v) is 3.00. The number of benzene rings is 2. The zero-order valence-corrected chi connectivity index (χ0v) is 13.4. The molecular weight excluding hydrogens is 328 g/mol. The molecule has 0 atom stereocenters. The van der Waals surface area contributed by atoms with Crippen LogP contribution in [0, 0.1) is 0 Å². The molecule has 2 aromatic carbocycles. The number of carbonyl (C=O) groups excluding carboxylic acids is 1. The second-order valence-electron chi connectivity index (χ2n) is 4.95. The maximum Gasteiger partial charge on any atom is 0.323 e. The molecule has 0 fully saturated rings. The van der Waals surface area contributed by atoms with Crippen LogP contribution in [0.25, 0.3) is 10.2 Å². The van der Waals surface area contributed by atoms with E-state index in [1.54, 1.807) is 30.3 Å². The lowest BCUT2D eigenvalue weighted by atomic mass is 10.3. The highest BCUT2D eigenvalue weighted by Crippen LogP contribution is 2.27. The van der Waals surface area contributed by atoms with E-state index in [4.69, 9.17) is 9.84 Å². The molecule has 0 unspecified atom stereocenters. The monoisotopic (exact) mass is 342 g/mol. The summed E-state index contributed by atoms with van der Waals surface area (Å²) < 4.78 is 6.42. The van der Waals surface area contributed by atoms with Crippen LogP contribution in [-0.4, -0.2) is 35.1 Å². The maximum absolute atomic E-state index is 12.4. The zero-order valence-electron chi connectivity index (χ0n) is 12.6. The van der Waals surface area contributed by atoms with Crippen molar-refractivity contribution in [1.82, 2.24) is 4.98 Å². The summed E-state index contributed by atoms with van der Waals surface area (Å²) >= 11 is 1.34. The fraction of sp³-hybridized carbons (Fsp3) is 0.118. The van der Waals surface area contributed by atoms with Gasteiger partial charge < -0.3 is 9.84 Å². The number of hydrogen-bond acceptors (Lipinski definition) is 5. The highest BCUT2D eigenvalue weighted by molar-refractivity contribution is 7.20. The van der Waals surface area contributed by atoms with E-state index in [1.807, 2.05) is 24.3 Å². The summed E-state index contributed by atoms with van der Waals surface area (Å²) in [7, 11) is 0. The predicted octanol–water partition coefficient (Wildman–Crippen LogP) is 2.79. The Balaban J connectivity index is 1.72. The van der Waals surface area contributed by atoms with Gasteiger partial charge in [-0.05, 0) is 24.3 Å². The average Bonchev–Trinajstić information content (AvgIpc) is 3.01. The lowest BCUT2D eigenvalue weighted by Gasteiger charge is -2.20. The molecule has 0 radical (unpaired) electrons. The molecule has 0 saturated carbocycles. The summed E-state index contributed by atoms with van der Waals surface area (Å²) in [5, 5.41) is 9.41. The van der Waals surface area contributed by atoms with Crippen molar-refractivity contribution < 1.29 is 19.4 Å². The number of amides is 1. The van der Waals surface area contributed by atoms with Gasteiger partial charge in [-0.15, -0.1) is 0 Å². The van der Waals surface area contributed by atoms with Crippen LogP contribution in [0.2, 0.25) is 0 Å². The number of aromatic nitrogens is 1. The molecule has 3 aromatic rings. The minimum atomic E-state index is -1.09. The molecule has 1 N–H and O–H groups in total. The molecule has 0 aliphatic carbocycles. The standard InChI is InChI=1S/C17H14N2O4S/c20-15(19(10-16(21)22)12-6-2-1-3-7-12)11-23-17-18-13-8-4-5-9-14(13)24-17/h1-9H,10-11H2,(H,21,22). The van der Waals surface area contributed by atoms with E-state index in [2.05, 4.69) is 4.98 Å². The van der Waals surface area contributed by atoms with Crippen molar-refractivity contribution in [2.24, 2.45) is 0 Å². The molecule has 6 nitrogen and oxygen atoms in total. The SMILES string of the molecule is O=C(O)CN(C(=O)COc1nc2ccccc2s1)c1ccccc1. The Morgan fingerprint density at radius 1 is 1.08 bits per heavy atom. The molecular formula is C17H14N2O4S. The van der Waals surface area contributed by atoms with Crippen LogP contribution in [0.4, 0.5) is 5.69 Å². The van der Waals surface area contributed by atoms with E-state index in [0.717, 1.165) is 10.2 Å². The molecule has 7 heteroatoms. The smallest absolute Gasteiger partial charge is 0.323 e. The molecule has 3 rings (SSSR count). The van der Waals surface area contributed by atoms with Gasteiger partial charge in [0.25, 0.3) is 11.1 Å². The summed E-state index contributed by atoms with van der Waals surface area (Å²) in [6.07, 6.45) is 0. The molecule has 0 saturated heterocycles. The Morgan fingerprint density at radius 2 is 1.79 bits per heavy atom. The molecule has 1 aromatic heterocycles. The number of nitrogens with zero attached hydrogens (tertiary/aromatic N) is 2. The van der Waals surface area contributed by atoms with Gasteiger partial charge in [-0.2, -0.15) is 0 Å². The highest BCUT2D eigenvalue weighted by Gasteiger charge is 2.19.